The molecule has 1 unspecified atom stereocenters. The molecule has 25 heavy (non-hydrogen) atoms. The van der Waals surface area contributed by atoms with E-state index in [9.17, 15) is 0 Å². The Hall–Kier alpha value is -2.80. The summed E-state index contributed by atoms with van der Waals surface area (Å²) in [7, 11) is 0. The van der Waals surface area contributed by atoms with E-state index in [4.69, 9.17) is 0 Å². The standard InChI is InChI=1S/C24H25N/c1-2-20(21-10-5-3-6-11-21)14-9-19-25-24-17-15-23(16-18-24)22-12-7-4-8-13-22/h2-15,17-18,23,25H,16,19H2,1H3. The Morgan fingerprint density at radius 1 is 1.04 bits per heavy atom. The number of hydrogen-bond donors (Lipinski definition) is 1. The molecule has 1 N–H and O–H groups in total. The first-order valence-corrected chi connectivity index (χ1v) is 8.92. The van der Waals surface area contributed by atoms with E-state index in [0.29, 0.717) is 5.92 Å². The molecule has 0 saturated heterocycles. The maximum Gasteiger partial charge on any atom is 0.0333 e. The lowest BCUT2D eigenvalue weighted by Crippen LogP contribution is -2.14. The highest BCUT2D eigenvalue weighted by atomic mass is 14.9. The molecule has 126 valence electrons. The van der Waals surface area contributed by atoms with Crippen molar-refractivity contribution in [2.45, 2.75) is 19.3 Å². The molecular weight excluding hydrogens is 302 g/mol. The zero-order chi connectivity index (χ0) is 17.3. The van der Waals surface area contributed by atoms with Crippen LogP contribution in [0.3, 0.4) is 0 Å². The minimum absolute atomic E-state index is 0.495. The molecule has 1 atom stereocenters. The lowest BCUT2D eigenvalue weighted by atomic mass is 9.92. The Bertz CT molecular complexity index is 779. The lowest BCUT2D eigenvalue weighted by Gasteiger charge is -2.17. The second-order valence-corrected chi connectivity index (χ2v) is 6.16. The van der Waals surface area contributed by atoms with Gasteiger partial charge in [-0.25, -0.2) is 0 Å². The van der Waals surface area contributed by atoms with Crippen LogP contribution in [0.25, 0.3) is 5.57 Å². The van der Waals surface area contributed by atoms with Gasteiger partial charge in [0, 0.05) is 18.2 Å². The van der Waals surface area contributed by atoms with Gasteiger partial charge < -0.3 is 5.32 Å². The van der Waals surface area contributed by atoms with Gasteiger partial charge in [-0.3, -0.25) is 0 Å². The highest BCUT2D eigenvalue weighted by molar-refractivity contribution is 5.73. The van der Waals surface area contributed by atoms with Gasteiger partial charge in [0.05, 0.1) is 0 Å². The zero-order valence-corrected chi connectivity index (χ0v) is 14.7. The Balaban J connectivity index is 1.50. The van der Waals surface area contributed by atoms with Crippen LogP contribution >= 0.6 is 0 Å². The highest BCUT2D eigenvalue weighted by Gasteiger charge is 2.10. The maximum atomic E-state index is 3.48. The van der Waals surface area contributed by atoms with E-state index >= 15 is 0 Å². The van der Waals surface area contributed by atoms with Gasteiger partial charge in [-0.1, -0.05) is 91.0 Å². The molecular formula is C24H25N. The van der Waals surface area contributed by atoms with E-state index in [-0.39, 0.29) is 0 Å². The van der Waals surface area contributed by atoms with Gasteiger partial charge in [0.2, 0.25) is 0 Å². The Morgan fingerprint density at radius 2 is 1.76 bits per heavy atom. The molecule has 0 aromatic heterocycles. The summed E-state index contributed by atoms with van der Waals surface area (Å²) in [5.74, 6) is 0.495. The van der Waals surface area contributed by atoms with Gasteiger partial charge >= 0.3 is 0 Å². The van der Waals surface area contributed by atoms with Crippen molar-refractivity contribution in [3.8, 4) is 0 Å². The summed E-state index contributed by atoms with van der Waals surface area (Å²) in [5.41, 5.74) is 5.09. The third-order valence-corrected chi connectivity index (χ3v) is 4.47. The van der Waals surface area contributed by atoms with Gasteiger partial charge in [0.1, 0.15) is 0 Å². The van der Waals surface area contributed by atoms with Crippen LogP contribution in [0.5, 0.6) is 0 Å². The van der Waals surface area contributed by atoms with Crippen molar-refractivity contribution in [1.29, 1.82) is 0 Å². The van der Waals surface area contributed by atoms with E-state index in [1.807, 2.05) is 6.07 Å². The SMILES string of the molecule is CC=C(C=CCNC1=CCC(c2ccccc2)C=C1)c1ccccc1. The molecule has 3 rings (SSSR count). The minimum Gasteiger partial charge on any atom is -0.382 e. The molecule has 0 spiro atoms. The second kappa shape index (κ2) is 8.89. The van der Waals surface area contributed by atoms with Crippen LogP contribution < -0.4 is 5.32 Å². The average Bonchev–Trinajstić information content (AvgIpc) is 2.70. The van der Waals surface area contributed by atoms with Crippen LogP contribution in [0.2, 0.25) is 0 Å². The normalized spacial score (nSPS) is 17.6. The third kappa shape index (κ3) is 4.84. The molecule has 0 amide bonds. The number of benzene rings is 2. The van der Waals surface area contributed by atoms with Crippen molar-refractivity contribution < 1.29 is 0 Å². The van der Waals surface area contributed by atoms with E-state index in [0.717, 1.165) is 13.0 Å². The molecule has 0 radical (unpaired) electrons. The van der Waals surface area contributed by atoms with Crippen LogP contribution in [0.1, 0.15) is 30.4 Å². The molecule has 0 heterocycles. The highest BCUT2D eigenvalue weighted by Crippen LogP contribution is 2.25. The summed E-state index contributed by atoms with van der Waals surface area (Å²) in [6.07, 6.45) is 14.3. The topological polar surface area (TPSA) is 12.0 Å². The predicted octanol–water partition coefficient (Wildman–Crippen LogP) is 5.86. The van der Waals surface area contributed by atoms with Gasteiger partial charge in [-0.15, -0.1) is 0 Å². The molecule has 2 aromatic rings. The van der Waals surface area contributed by atoms with E-state index in [1.54, 1.807) is 0 Å². The van der Waals surface area contributed by atoms with Crippen LogP contribution in [0.15, 0.2) is 103 Å². The van der Waals surface area contributed by atoms with Crippen molar-refractivity contribution in [2.24, 2.45) is 0 Å². The maximum absolute atomic E-state index is 3.48. The van der Waals surface area contributed by atoms with Crippen molar-refractivity contribution in [3.63, 3.8) is 0 Å². The molecule has 1 heteroatoms. The summed E-state index contributed by atoms with van der Waals surface area (Å²) < 4.78 is 0. The Labute approximate surface area is 151 Å². The molecule has 1 nitrogen and oxygen atoms in total. The molecule has 1 aliphatic carbocycles. The van der Waals surface area contributed by atoms with Crippen molar-refractivity contribution in [3.05, 3.63) is 114 Å². The largest absolute Gasteiger partial charge is 0.382 e. The first kappa shape index (κ1) is 17.0. The summed E-state index contributed by atoms with van der Waals surface area (Å²) in [6, 6.07) is 21.2. The molecule has 0 bridgehead atoms. The van der Waals surface area contributed by atoms with E-state index in [1.165, 1.54) is 22.4 Å². The average molecular weight is 327 g/mol. The Kier molecular flexibility index (Phi) is 6.06. The number of nitrogens with one attached hydrogen (secondary N) is 1. The third-order valence-electron chi connectivity index (χ3n) is 4.47. The van der Waals surface area contributed by atoms with Crippen molar-refractivity contribution in [1.82, 2.24) is 5.32 Å². The number of hydrogen-bond acceptors (Lipinski definition) is 1. The van der Waals surface area contributed by atoms with E-state index in [2.05, 4.69) is 103 Å². The summed E-state index contributed by atoms with van der Waals surface area (Å²) >= 11 is 0. The van der Waals surface area contributed by atoms with Crippen LogP contribution in [0, 0.1) is 0 Å². The van der Waals surface area contributed by atoms with Crippen LogP contribution in [-0.4, -0.2) is 6.54 Å². The van der Waals surface area contributed by atoms with Gasteiger partial charge in [-0.05, 0) is 36.1 Å². The number of allylic oxidation sites excluding steroid dienone is 6. The molecule has 0 aliphatic heterocycles. The molecule has 1 aliphatic rings. The molecule has 2 aromatic carbocycles. The fraction of sp³-hybridized carbons (Fsp3) is 0.167. The quantitative estimate of drug-likeness (QED) is 0.655. The summed E-state index contributed by atoms with van der Waals surface area (Å²) in [4.78, 5) is 0. The first-order valence-electron chi connectivity index (χ1n) is 8.92. The van der Waals surface area contributed by atoms with Crippen molar-refractivity contribution >= 4 is 5.57 Å². The zero-order valence-electron chi connectivity index (χ0n) is 14.7. The van der Waals surface area contributed by atoms with Crippen LogP contribution in [0.4, 0.5) is 0 Å². The number of rotatable bonds is 6. The van der Waals surface area contributed by atoms with E-state index < -0.39 is 0 Å². The van der Waals surface area contributed by atoms with Crippen molar-refractivity contribution in [2.75, 3.05) is 6.54 Å². The first-order chi connectivity index (χ1) is 12.4. The monoisotopic (exact) mass is 327 g/mol. The second-order valence-electron chi connectivity index (χ2n) is 6.16. The fourth-order valence-electron chi connectivity index (χ4n) is 3.05. The lowest BCUT2D eigenvalue weighted by molar-refractivity contribution is 0.813. The summed E-state index contributed by atoms with van der Waals surface area (Å²) in [6.45, 7) is 2.91. The van der Waals surface area contributed by atoms with Gasteiger partial charge in [-0.2, -0.15) is 0 Å². The Morgan fingerprint density at radius 3 is 2.40 bits per heavy atom. The molecule has 0 saturated carbocycles. The predicted molar refractivity (Wildman–Crippen MR) is 108 cm³/mol. The van der Waals surface area contributed by atoms with Crippen LogP contribution in [-0.2, 0) is 0 Å². The van der Waals surface area contributed by atoms with Gasteiger partial charge in [0.25, 0.3) is 0 Å². The fourth-order valence-corrected chi connectivity index (χ4v) is 3.05. The summed E-state index contributed by atoms with van der Waals surface area (Å²) in [5, 5.41) is 3.48. The van der Waals surface area contributed by atoms with Gasteiger partial charge in [0.15, 0.2) is 0 Å². The minimum atomic E-state index is 0.495. The smallest absolute Gasteiger partial charge is 0.0333 e. The molecule has 0 fully saturated rings.